The molecule has 0 saturated carbocycles. The van der Waals surface area contributed by atoms with Gasteiger partial charge in [0.15, 0.2) is 5.96 Å². The van der Waals surface area contributed by atoms with Crippen molar-refractivity contribution in [3.05, 3.63) is 36.0 Å². The SMILES string of the molecule is CCNC(=NCCc1c[nH]c2ccccc12)N1CCN(S(=O)(=O)CCOC(C)C)CC1.I. The van der Waals surface area contributed by atoms with Gasteiger partial charge in [-0.3, -0.25) is 4.99 Å². The van der Waals surface area contributed by atoms with Crippen LogP contribution in [0.2, 0.25) is 0 Å². The zero-order valence-corrected chi connectivity index (χ0v) is 22.4. The normalized spacial score (nSPS) is 15.9. The molecular weight excluding hydrogens is 541 g/mol. The van der Waals surface area contributed by atoms with Crippen molar-refractivity contribution in [1.82, 2.24) is 19.5 Å². The number of ether oxygens (including phenoxy) is 1. The van der Waals surface area contributed by atoms with Crippen LogP contribution in [0.4, 0.5) is 0 Å². The average Bonchev–Trinajstić information content (AvgIpc) is 3.16. The molecule has 10 heteroatoms. The van der Waals surface area contributed by atoms with E-state index in [1.165, 1.54) is 10.9 Å². The Morgan fingerprint density at radius 3 is 2.62 bits per heavy atom. The number of nitrogens with one attached hydrogen (secondary N) is 2. The van der Waals surface area contributed by atoms with E-state index < -0.39 is 10.0 Å². The van der Waals surface area contributed by atoms with Gasteiger partial charge < -0.3 is 19.9 Å². The van der Waals surface area contributed by atoms with Gasteiger partial charge in [0.05, 0.1) is 18.5 Å². The lowest BCUT2D eigenvalue weighted by Gasteiger charge is -2.36. The molecule has 0 aliphatic carbocycles. The zero-order valence-electron chi connectivity index (χ0n) is 19.2. The highest BCUT2D eigenvalue weighted by Crippen LogP contribution is 2.18. The summed E-state index contributed by atoms with van der Waals surface area (Å²) < 4.78 is 32.1. The first-order chi connectivity index (χ1) is 14.9. The maximum atomic E-state index is 12.6. The fourth-order valence-electron chi connectivity index (χ4n) is 3.74. The highest BCUT2D eigenvalue weighted by molar-refractivity contribution is 14.0. The fourth-order valence-corrected chi connectivity index (χ4v) is 5.03. The number of aromatic amines is 1. The summed E-state index contributed by atoms with van der Waals surface area (Å²) >= 11 is 0. The Kier molecular flexibility index (Phi) is 10.7. The summed E-state index contributed by atoms with van der Waals surface area (Å²) in [5.74, 6) is 0.881. The summed E-state index contributed by atoms with van der Waals surface area (Å²) in [5.41, 5.74) is 2.40. The summed E-state index contributed by atoms with van der Waals surface area (Å²) in [7, 11) is -3.29. The third kappa shape index (κ3) is 7.32. The van der Waals surface area contributed by atoms with Crippen molar-refractivity contribution in [3.8, 4) is 0 Å². The van der Waals surface area contributed by atoms with E-state index in [-0.39, 0.29) is 42.4 Å². The molecule has 1 aliphatic heterocycles. The van der Waals surface area contributed by atoms with Gasteiger partial charge >= 0.3 is 0 Å². The lowest BCUT2D eigenvalue weighted by molar-refractivity contribution is 0.0904. The molecule has 0 unspecified atom stereocenters. The number of aliphatic imine (C=N–C) groups is 1. The highest BCUT2D eigenvalue weighted by atomic mass is 127. The van der Waals surface area contributed by atoms with E-state index in [0.29, 0.717) is 32.7 Å². The molecule has 2 aromatic rings. The van der Waals surface area contributed by atoms with E-state index in [2.05, 4.69) is 39.6 Å². The standard InChI is InChI=1S/C22H35N5O3S.HI/c1-4-23-22(24-10-9-19-17-25-21-8-6-5-7-20(19)21)26-11-13-27(14-12-26)31(28,29)16-15-30-18(2)3;/h5-8,17-18,25H,4,9-16H2,1-3H3,(H,23,24);1H. The third-order valence-electron chi connectivity index (χ3n) is 5.38. The van der Waals surface area contributed by atoms with Gasteiger partial charge in [-0.2, -0.15) is 4.31 Å². The molecule has 1 aromatic heterocycles. The Balaban J connectivity index is 0.00000363. The Morgan fingerprint density at radius 2 is 1.94 bits per heavy atom. The molecule has 1 aliphatic rings. The van der Waals surface area contributed by atoms with Crippen LogP contribution in [0.25, 0.3) is 10.9 Å². The number of sulfonamides is 1. The van der Waals surface area contributed by atoms with E-state index >= 15 is 0 Å². The second-order valence-electron chi connectivity index (χ2n) is 7.97. The molecule has 8 nitrogen and oxygen atoms in total. The summed E-state index contributed by atoms with van der Waals surface area (Å²) in [6, 6.07) is 8.29. The van der Waals surface area contributed by atoms with Crippen LogP contribution in [-0.2, 0) is 21.2 Å². The van der Waals surface area contributed by atoms with Crippen molar-refractivity contribution < 1.29 is 13.2 Å². The van der Waals surface area contributed by atoms with Gasteiger partial charge in [0, 0.05) is 56.4 Å². The molecular formula is C22H36IN5O3S. The molecule has 1 saturated heterocycles. The maximum Gasteiger partial charge on any atom is 0.216 e. The second-order valence-corrected chi connectivity index (χ2v) is 10.1. The lowest BCUT2D eigenvalue weighted by atomic mass is 10.1. The van der Waals surface area contributed by atoms with Crippen LogP contribution in [0.3, 0.4) is 0 Å². The zero-order chi connectivity index (χ0) is 22.3. The molecule has 1 fully saturated rings. The number of para-hydroxylation sites is 1. The highest BCUT2D eigenvalue weighted by Gasteiger charge is 2.28. The molecule has 2 heterocycles. The minimum atomic E-state index is -3.29. The van der Waals surface area contributed by atoms with E-state index in [9.17, 15) is 8.42 Å². The topological polar surface area (TPSA) is 90.0 Å². The monoisotopic (exact) mass is 577 g/mol. The molecule has 32 heavy (non-hydrogen) atoms. The predicted octanol–water partition coefficient (Wildman–Crippen LogP) is 2.67. The first-order valence-corrected chi connectivity index (χ1v) is 12.7. The molecule has 1 aromatic carbocycles. The third-order valence-corrected chi connectivity index (χ3v) is 7.21. The fraction of sp³-hybridized carbons (Fsp3) is 0.591. The first kappa shape index (κ1) is 26.9. The van der Waals surface area contributed by atoms with E-state index in [1.807, 2.05) is 26.8 Å². The second kappa shape index (κ2) is 12.8. The smallest absolute Gasteiger partial charge is 0.216 e. The Bertz CT molecular complexity index is 969. The van der Waals surface area contributed by atoms with Gasteiger partial charge in [0.25, 0.3) is 0 Å². The van der Waals surface area contributed by atoms with Crippen molar-refractivity contribution in [3.63, 3.8) is 0 Å². The minimum absolute atomic E-state index is 0. The number of fused-ring (bicyclic) bond motifs is 1. The van der Waals surface area contributed by atoms with Gasteiger partial charge in [0.2, 0.25) is 10.0 Å². The number of benzene rings is 1. The number of nitrogens with zero attached hydrogens (tertiary/aromatic N) is 3. The van der Waals surface area contributed by atoms with Crippen molar-refractivity contribution in [1.29, 1.82) is 0 Å². The van der Waals surface area contributed by atoms with Crippen LogP contribution in [0, 0.1) is 0 Å². The van der Waals surface area contributed by atoms with Gasteiger partial charge in [-0.15, -0.1) is 24.0 Å². The first-order valence-electron chi connectivity index (χ1n) is 11.1. The predicted molar refractivity (Wildman–Crippen MR) is 141 cm³/mol. The van der Waals surface area contributed by atoms with E-state index in [1.54, 1.807) is 4.31 Å². The number of hydrogen-bond acceptors (Lipinski definition) is 4. The van der Waals surface area contributed by atoms with E-state index in [4.69, 9.17) is 9.73 Å². The number of guanidine groups is 1. The van der Waals surface area contributed by atoms with E-state index in [0.717, 1.165) is 24.4 Å². The molecule has 3 rings (SSSR count). The summed E-state index contributed by atoms with van der Waals surface area (Å²) in [4.78, 5) is 10.3. The van der Waals surface area contributed by atoms with Gasteiger partial charge in [-0.1, -0.05) is 18.2 Å². The molecule has 180 valence electrons. The summed E-state index contributed by atoms with van der Waals surface area (Å²) in [6.07, 6.45) is 2.94. The number of piperazine rings is 1. The number of rotatable bonds is 9. The largest absolute Gasteiger partial charge is 0.378 e. The Morgan fingerprint density at radius 1 is 1.22 bits per heavy atom. The molecule has 2 N–H and O–H groups in total. The summed E-state index contributed by atoms with van der Waals surface area (Å²) in [6.45, 7) is 9.74. The number of hydrogen-bond donors (Lipinski definition) is 2. The molecule has 0 amide bonds. The van der Waals surface area contributed by atoms with Crippen molar-refractivity contribution in [2.45, 2.75) is 33.3 Å². The number of H-pyrrole nitrogens is 1. The van der Waals surface area contributed by atoms with Gasteiger partial charge in [0.1, 0.15) is 0 Å². The van der Waals surface area contributed by atoms with Crippen LogP contribution in [0.1, 0.15) is 26.3 Å². The average molecular weight is 578 g/mol. The van der Waals surface area contributed by atoms with Crippen LogP contribution < -0.4 is 5.32 Å². The van der Waals surface area contributed by atoms with Crippen LogP contribution >= 0.6 is 24.0 Å². The number of aromatic nitrogens is 1. The van der Waals surface area contributed by atoms with Crippen LogP contribution in [-0.4, -0.2) is 86.3 Å². The van der Waals surface area contributed by atoms with Gasteiger partial charge in [-0.25, -0.2) is 8.42 Å². The van der Waals surface area contributed by atoms with Crippen molar-refractivity contribution in [2.24, 2.45) is 4.99 Å². The minimum Gasteiger partial charge on any atom is -0.378 e. The Hall–Kier alpha value is -1.37. The number of halogens is 1. The molecule has 0 atom stereocenters. The lowest BCUT2D eigenvalue weighted by Crippen LogP contribution is -2.54. The van der Waals surface area contributed by atoms with Crippen molar-refractivity contribution >= 4 is 50.9 Å². The van der Waals surface area contributed by atoms with Crippen LogP contribution in [0.5, 0.6) is 0 Å². The van der Waals surface area contributed by atoms with Gasteiger partial charge in [-0.05, 0) is 38.8 Å². The Labute approximate surface area is 208 Å². The maximum absolute atomic E-state index is 12.6. The summed E-state index contributed by atoms with van der Waals surface area (Å²) in [5, 5.41) is 4.59. The molecule has 0 radical (unpaired) electrons. The van der Waals surface area contributed by atoms with Crippen LogP contribution in [0.15, 0.2) is 35.5 Å². The molecule has 0 spiro atoms. The quantitative estimate of drug-likeness (QED) is 0.272. The molecule has 0 bridgehead atoms. The van der Waals surface area contributed by atoms with Crippen molar-refractivity contribution in [2.75, 3.05) is 51.6 Å².